The molecule has 3 saturated carbocycles. The summed E-state index contributed by atoms with van der Waals surface area (Å²) in [7, 11) is 0. The second kappa shape index (κ2) is 5.61. The average Bonchev–Trinajstić information content (AvgIpc) is 2.85. The fourth-order valence-corrected chi connectivity index (χ4v) is 7.53. The first-order valence-electron chi connectivity index (χ1n) is 10.4. The van der Waals surface area contributed by atoms with Gasteiger partial charge < -0.3 is 0 Å². The van der Waals surface area contributed by atoms with Gasteiger partial charge in [-0.15, -0.1) is 0 Å². The summed E-state index contributed by atoms with van der Waals surface area (Å²) in [5, 5.41) is 0. The normalized spacial score (nSPS) is 48.4. The lowest BCUT2D eigenvalue weighted by atomic mass is 9.44. The smallest absolute Gasteiger partial charge is 0.159 e. The van der Waals surface area contributed by atoms with E-state index in [1.54, 1.807) is 13.0 Å². The minimum Gasteiger partial charge on any atom is -0.300 e. The van der Waals surface area contributed by atoms with E-state index < -0.39 is 17.0 Å². The lowest BCUT2D eigenvalue weighted by Gasteiger charge is -2.58. The fourth-order valence-electron chi connectivity index (χ4n) is 7.53. The zero-order valence-corrected chi connectivity index (χ0v) is 17.1. The van der Waals surface area contributed by atoms with Crippen molar-refractivity contribution in [2.45, 2.75) is 72.9 Å². The topological polar surface area (TPSA) is 51.2 Å². The van der Waals surface area contributed by atoms with Gasteiger partial charge in [-0.25, -0.2) is 4.39 Å². The Kier molecular flexibility index (Phi) is 3.95. The largest absolute Gasteiger partial charge is 0.300 e. The number of hydrogen-bond donors (Lipinski definition) is 0. The number of fused-ring (bicyclic) bond motifs is 5. The summed E-state index contributed by atoms with van der Waals surface area (Å²) in [5.41, 5.74) is -0.325. The van der Waals surface area contributed by atoms with E-state index in [1.807, 2.05) is 20.8 Å². The van der Waals surface area contributed by atoms with Gasteiger partial charge in [-0.05, 0) is 74.9 Å². The highest BCUT2D eigenvalue weighted by atomic mass is 19.1. The Morgan fingerprint density at radius 1 is 1.15 bits per heavy atom. The van der Waals surface area contributed by atoms with E-state index in [0.717, 1.165) is 24.8 Å². The second-order valence-corrected chi connectivity index (χ2v) is 10.5. The summed E-state index contributed by atoms with van der Waals surface area (Å²) in [6, 6.07) is 0. The van der Waals surface area contributed by atoms with Crippen molar-refractivity contribution in [1.82, 2.24) is 0 Å². The lowest BCUT2D eigenvalue weighted by Crippen LogP contribution is -2.57. The molecule has 4 aliphatic carbocycles. The number of allylic oxidation sites excluding steroid dienone is 2. The van der Waals surface area contributed by atoms with Crippen LogP contribution in [0.15, 0.2) is 11.6 Å². The van der Waals surface area contributed by atoms with E-state index >= 15 is 4.39 Å². The number of rotatable bonds is 1. The fraction of sp³-hybridized carbons (Fsp3) is 0.783. The number of halogens is 1. The van der Waals surface area contributed by atoms with Gasteiger partial charge in [0.2, 0.25) is 0 Å². The standard InChI is InChI=1S/C23H31FO3/c1-12(25)14-10-15(24)20-19-13(6-8-23(14,20)5)22(4)9-7-18(27)21(2,3)17(22)11-16(19)26/h11,13-15,19-20H,6-10H2,1-5H3/t13-,14+,15+,19-,20-,22+,23+/m0/s1. The van der Waals surface area contributed by atoms with E-state index in [1.165, 1.54) is 0 Å². The first-order valence-corrected chi connectivity index (χ1v) is 10.4. The molecule has 0 aromatic rings. The molecule has 0 heterocycles. The molecule has 0 aliphatic heterocycles. The van der Waals surface area contributed by atoms with Gasteiger partial charge in [0.05, 0.1) is 0 Å². The molecule has 0 bridgehead atoms. The van der Waals surface area contributed by atoms with Gasteiger partial charge in [0.1, 0.15) is 17.7 Å². The average molecular weight is 374 g/mol. The maximum Gasteiger partial charge on any atom is 0.159 e. The van der Waals surface area contributed by atoms with E-state index in [0.29, 0.717) is 6.42 Å². The second-order valence-electron chi connectivity index (χ2n) is 10.5. The number of alkyl halides is 1. The molecule has 0 aromatic carbocycles. The van der Waals surface area contributed by atoms with Crippen molar-refractivity contribution >= 4 is 17.3 Å². The predicted molar refractivity (Wildman–Crippen MR) is 101 cm³/mol. The van der Waals surface area contributed by atoms with Crippen LogP contribution < -0.4 is 0 Å². The molecule has 0 aromatic heterocycles. The van der Waals surface area contributed by atoms with Crippen molar-refractivity contribution in [3.05, 3.63) is 11.6 Å². The van der Waals surface area contributed by atoms with Gasteiger partial charge in [0, 0.05) is 29.6 Å². The molecule has 7 atom stereocenters. The monoisotopic (exact) mass is 374 g/mol. The third-order valence-electron chi connectivity index (χ3n) is 9.00. The quantitative estimate of drug-likeness (QED) is 0.680. The minimum atomic E-state index is -1.10. The molecule has 0 unspecified atom stereocenters. The van der Waals surface area contributed by atoms with Crippen LogP contribution in [0, 0.1) is 39.9 Å². The summed E-state index contributed by atoms with van der Waals surface area (Å²) < 4.78 is 15.2. The van der Waals surface area contributed by atoms with Gasteiger partial charge in [-0.1, -0.05) is 13.8 Å². The number of hydrogen-bond acceptors (Lipinski definition) is 3. The molecule has 0 N–H and O–H groups in total. The Morgan fingerprint density at radius 2 is 1.81 bits per heavy atom. The number of carbonyl (C=O) groups is 3. The van der Waals surface area contributed by atoms with Gasteiger partial charge >= 0.3 is 0 Å². The Labute approximate surface area is 161 Å². The summed E-state index contributed by atoms with van der Waals surface area (Å²) in [6.07, 6.45) is 3.73. The Bertz CT molecular complexity index is 766. The molecule has 3 fully saturated rings. The summed E-state index contributed by atoms with van der Waals surface area (Å²) in [6.45, 7) is 9.64. The van der Waals surface area contributed by atoms with Crippen LogP contribution in [0.5, 0.6) is 0 Å². The molecule has 148 valence electrons. The Morgan fingerprint density at radius 3 is 2.44 bits per heavy atom. The molecule has 0 spiro atoms. The molecule has 4 aliphatic rings. The third kappa shape index (κ3) is 2.28. The SMILES string of the molecule is CC(=O)[C@H]1C[C@@H](F)[C@H]2[C@@H]3C(=O)C=C4C(C)(C)C(=O)CC[C@]4(C)[C@H]3CC[C@@]21C. The van der Waals surface area contributed by atoms with Crippen LogP contribution in [0.25, 0.3) is 0 Å². The molecular formula is C23H31FO3. The third-order valence-corrected chi connectivity index (χ3v) is 9.00. The summed E-state index contributed by atoms with van der Waals surface area (Å²) in [4.78, 5) is 38.0. The van der Waals surface area contributed by atoms with E-state index in [9.17, 15) is 14.4 Å². The van der Waals surface area contributed by atoms with Crippen molar-refractivity contribution in [2.24, 2.45) is 39.9 Å². The van der Waals surface area contributed by atoms with Crippen LogP contribution in [-0.4, -0.2) is 23.5 Å². The molecule has 4 rings (SSSR count). The number of Topliss-reactive ketones (excluding diaryl/α,β-unsaturated/α-hetero) is 2. The highest BCUT2D eigenvalue weighted by Gasteiger charge is 2.66. The number of carbonyl (C=O) groups excluding carboxylic acids is 3. The number of ketones is 3. The first kappa shape index (κ1) is 19.0. The van der Waals surface area contributed by atoms with E-state index in [4.69, 9.17) is 0 Å². The van der Waals surface area contributed by atoms with Crippen LogP contribution in [0.2, 0.25) is 0 Å². The van der Waals surface area contributed by atoms with Crippen LogP contribution in [0.4, 0.5) is 4.39 Å². The van der Waals surface area contributed by atoms with Gasteiger partial charge in [-0.2, -0.15) is 0 Å². The summed E-state index contributed by atoms with van der Waals surface area (Å²) in [5.74, 6) is -0.727. The maximum atomic E-state index is 15.2. The molecule has 0 amide bonds. The lowest BCUT2D eigenvalue weighted by molar-refractivity contribution is -0.144. The zero-order chi connectivity index (χ0) is 19.9. The van der Waals surface area contributed by atoms with Gasteiger partial charge in [0.25, 0.3) is 0 Å². The molecule has 0 saturated heterocycles. The molecule has 27 heavy (non-hydrogen) atoms. The van der Waals surface area contributed by atoms with Gasteiger partial charge in [-0.3, -0.25) is 14.4 Å². The summed E-state index contributed by atoms with van der Waals surface area (Å²) >= 11 is 0. The van der Waals surface area contributed by atoms with Crippen molar-refractivity contribution in [3.8, 4) is 0 Å². The van der Waals surface area contributed by atoms with Crippen molar-refractivity contribution < 1.29 is 18.8 Å². The van der Waals surface area contributed by atoms with Crippen LogP contribution in [0.1, 0.15) is 66.7 Å². The van der Waals surface area contributed by atoms with Crippen molar-refractivity contribution in [1.29, 1.82) is 0 Å². The van der Waals surface area contributed by atoms with Crippen molar-refractivity contribution in [3.63, 3.8) is 0 Å². The molecule has 3 nitrogen and oxygen atoms in total. The highest BCUT2D eigenvalue weighted by Crippen LogP contribution is 2.67. The van der Waals surface area contributed by atoms with Gasteiger partial charge in [0.15, 0.2) is 5.78 Å². The zero-order valence-electron chi connectivity index (χ0n) is 17.1. The first-order chi connectivity index (χ1) is 12.4. The molecule has 0 radical (unpaired) electrons. The molecular weight excluding hydrogens is 343 g/mol. The van der Waals surface area contributed by atoms with Crippen LogP contribution in [0.3, 0.4) is 0 Å². The maximum absolute atomic E-state index is 15.2. The van der Waals surface area contributed by atoms with Crippen LogP contribution in [-0.2, 0) is 14.4 Å². The van der Waals surface area contributed by atoms with E-state index in [2.05, 4.69) is 6.92 Å². The predicted octanol–water partition coefficient (Wildman–Crippen LogP) is 4.49. The van der Waals surface area contributed by atoms with E-state index in [-0.39, 0.29) is 52.9 Å². The Hall–Kier alpha value is -1.32. The van der Waals surface area contributed by atoms with Crippen LogP contribution >= 0.6 is 0 Å². The minimum absolute atomic E-state index is 0.0157. The Balaban J connectivity index is 1.82. The highest BCUT2D eigenvalue weighted by molar-refractivity contribution is 5.98. The molecule has 4 heteroatoms. The van der Waals surface area contributed by atoms with Crippen molar-refractivity contribution in [2.75, 3.05) is 0 Å².